The summed E-state index contributed by atoms with van der Waals surface area (Å²) in [5.74, 6) is 2.07. The van der Waals surface area contributed by atoms with Crippen molar-refractivity contribution < 1.29 is 5.11 Å². The molecule has 5 unspecified atom stereocenters. The molecule has 0 radical (unpaired) electrons. The molecule has 2 N–H and O–H groups in total. The molecule has 3 rings (SSSR count). The highest BCUT2D eigenvalue weighted by Gasteiger charge is 2.54. The first kappa shape index (κ1) is 11.4. The minimum Gasteiger partial charge on any atom is -0.393 e. The molecular weight excluding hydrogens is 218 g/mol. The van der Waals surface area contributed by atoms with Crippen LogP contribution >= 0.6 is 11.8 Å². The third kappa shape index (κ3) is 1.55. The third-order valence-electron chi connectivity index (χ3n) is 5.25. The normalized spacial score (nSPS) is 56.1. The average Bonchev–Trinajstić information content (AvgIpc) is 2.79. The van der Waals surface area contributed by atoms with E-state index in [0.29, 0.717) is 23.9 Å². The number of aliphatic hydroxyl groups is 1. The van der Waals surface area contributed by atoms with Gasteiger partial charge >= 0.3 is 0 Å². The van der Waals surface area contributed by atoms with Crippen LogP contribution in [-0.4, -0.2) is 34.8 Å². The molecule has 92 valence electrons. The van der Waals surface area contributed by atoms with Crippen LogP contribution in [0.2, 0.25) is 0 Å². The first-order chi connectivity index (χ1) is 7.72. The third-order valence-corrected chi connectivity index (χ3v) is 6.44. The Bertz CT molecular complexity index is 273. The van der Waals surface area contributed by atoms with Crippen molar-refractivity contribution in [3.8, 4) is 0 Å². The summed E-state index contributed by atoms with van der Waals surface area (Å²) in [6.07, 6.45) is 7.41. The van der Waals surface area contributed by atoms with Gasteiger partial charge in [-0.15, -0.1) is 0 Å². The fourth-order valence-electron chi connectivity index (χ4n) is 4.35. The minimum absolute atomic E-state index is 0.0216. The second kappa shape index (κ2) is 4.18. The standard InChI is InChI=1S/C13H23NOS/c1-7-12-9(6-10(12)15)14-13(7)8-4-3-5-11(8)16-2/h7-15H,3-6H2,1-2H3/t7?,8?,9-,10?,11?,12+,13?/m1/s1. The van der Waals surface area contributed by atoms with Gasteiger partial charge in [0.05, 0.1) is 6.10 Å². The van der Waals surface area contributed by atoms with Gasteiger partial charge in [0.15, 0.2) is 0 Å². The highest BCUT2D eigenvalue weighted by molar-refractivity contribution is 7.99. The van der Waals surface area contributed by atoms with Crippen LogP contribution in [0.15, 0.2) is 0 Å². The minimum atomic E-state index is -0.0216. The SMILES string of the molecule is CSC1CCCC1C1N[C@@H]2CC(O)[C@H]2C1C. The fraction of sp³-hybridized carbons (Fsp3) is 1.00. The van der Waals surface area contributed by atoms with Gasteiger partial charge in [0.25, 0.3) is 0 Å². The highest BCUT2D eigenvalue weighted by Crippen LogP contribution is 2.47. The topological polar surface area (TPSA) is 32.3 Å². The van der Waals surface area contributed by atoms with Crippen molar-refractivity contribution in [1.82, 2.24) is 5.32 Å². The summed E-state index contributed by atoms with van der Waals surface area (Å²) in [6.45, 7) is 2.35. The lowest BCUT2D eigenvalue weighted by Crippen LogP contribution is -2.49. The number of aliphatic hydroxyl groups excluding tert-OH is 1. The summed E-state index contributed by atoms with van der Waals surface area (Å²) in [6, 6.07) is 1.30. The molecule has 3 heteroatoms. The molecule has 3 aliphatic rings. The van der Waals surface area contributed by atoms with Gasteiger partial charge in [-0.1, -0.05) is 13.3 Å². The van der Waals surface area contributed by atoms with Crippen molar-refractivity contribution >= 4 is 11.8 Å². The largest absolute Gasteiger partial charge is 0.393 e. The maximum absolute atomic E-state index is 9.83. The van der Waals surface area contributed by atoms with Crippen LogP contribution in [0.5, 0.6) is 0 Å². The van der Waals surface area contributed by atoms with Crippen LogP contribution in [-0.2, 0) is 0 Å². The van der Waals surface area contributed by atoms with Crippen LogP contribution in [0.3, 0.4) is 0 Å². The predicted octanol–water partition coefficient (Wildman–Crippen LogP) is 1.88. The number of hydrogen-bond acceptors (Lipinski definition) is 3. The van der Waals surface area contributed by atoms with Crippen LogP contribution in [0, 0.1) is 17.8 Å². The lowest BCUT2D eigenvalue weighted by Gasteiger charge is -2.38. The van der Waals surface area contributed by atoms with Crippen LogP contribution in [0.25, 0.3) is 0 Å². The number of fused-ring (bicyclic) bond motifs is 1. The molecule has 0 aromatic heterocycles. The Morgan fingerprint density at radius 3 is 2.75 bits per heavy atom. The van der Waals surface area contributed by atoms with E-state index in [0.717, 1.165) is 17.6 Å². The van der Waals surface area contributed by atoms with Gasteiger partial charge in [0, 0.05) is 23.3 Å². The molecule has 1 saturated heterocycles. The van der Waals surface area contributed by atoms with Gasteiger partial charge < -0.3 is 10.4 Å². The summed E-state index contributed by atoms with van der Waals surface area (Å²) < 4.78 is 0. The fourth-order valence-corrected chi connectivity index (χ4v) is 5.41. The number of hydrogen-bond donors (Lipinski definition) is 2. The molecular formula is C13H23NOS. The lowest BCUT2D eigenvalue weighted by molar-refractivity contribution is -0.00492. The van der Waals surface area contributed by atoms with E-state index in [4.69, 9.17) is 0 Å². The van der Waals surface area contributed by atoms with Crippen molar-refractivity contribution in [3.05, 3.63) is 0 Å². The first-order valence-corrected chi connectivity index (χ1v) is 7.98. The zero-order valence-electron chi connectivity index (χ0n) is 10.2. The van der Waals surface area contributed by atoms with Gasteiger partial charge in [0.2, 0.25) is 0 Å². The average molecular weight is 241 g/mol. The Balaban J connectivity index is 1.71. The quantitative estimate of drug-likeness (QED) is 0.774. The zero-order valence-corrected chi connectivity index (χ0v) is 11.0. The molecule has 2 nitrogen and oxygen atoms in total. The molecule has 0 amide bonds. The second-order valence-electron chi connectivity index (χ2n) is 5.91. The summed E-state index contributed by atoms with van der Waals surface area (Å²) in [7, 11) is 0. The van der Waals surface area contributed by atoms with Crippen molar-refractivity contribution in [2.75, 3.05) is 6.26 Å². The molecule has 0 aromatic rings. The zero-order chi connectivity index (χ0) is 11.3. The monoisotopic (exact) mass is 241 g/mol. The smallest absolute Gasteiger partial charge is 0.0601 e. The molecule has 2 aliphatic carbocycles. The van der Waals surface area contributed by atoms with E-state index in [1.54, 1.807) is 0 Å². The van der Waals surface area contributed by atoms with Crippen molar-refractivity contribution in [3.63, 3.8) is 0 Å². The molecule has 3 fully saturated rings. The number of nitrogens with one attached hydrogen (secondary N) is 1. The van der Waals surface area contributed by atoms with Gasteiger partial charge in [-0.2, -0.15) is 11.8 Å². The van der Waals surface area contributed by atoms with Crippen LogP contribution in [0.1, 0.15) is 32.6 Å². The summed E-state index contributed by atoms with van der Waals surface area (Å²) >= 11 is 2.05. The van der Waals surface area contributed by atoms with Crippen molar-refractivity contribution in [2.24, 2.45) is 17.8 Å². The van der Waals surface area contributed by atoms with Crippen molar-refractivity contribution in [2.45, 2.75) is 56.0 Å². The summed E-state index contributed by atoms with van der Waals surface area (Å²) in [5.41, 5.74) is 0. The Labute approximate surface area is 103 Å². The van der Waals surface area contributed by atoms with E-state index >= 15 is 0 Å². The summed E-state index contributed by atoms with van der Waals surface area (Å²) in [4.78, 5) is 0. The van der Waals surface area contributed by atoms with Gasteiger partial charge in [-0.05, 0) is 37.4 Å². The molecule has 0 aromatic carbocycles. The Morgan fingerprint density at radius 1 is 1.31 bits per heavy atom. The Kier molecular flexibility index (Phi) is 2.97. The maximum atomic E-state index is 9.83. The van der Waals surface area contributed by atoms with E-state index in [2.05, 4.69) is 30.3 Å². The number of thioether (sulfide) groups is 1. The van der Waals surface area contributed by atoms with Crippen molar-refractivity contribution in [1.29, 1.82) is 0 Å². The van der Waals surface area contributed by atoms with Gasteiger partial charge in [-0.25, -0.2) is 0 Å². The molecule has 0 spiro atoms. The molecule has 0 bridgehead atoms. The molecule has 2 saturated carbocycles. The maximum Gasteiger partial charge on any atom is 0.0601 e. The molecule has 1 heterocycles. The van der Waals surface area contributed by atoms with E-state index in [-0.39, 0.29) is 6.10 Å². The number of rotatable bonds is 2. The van der Waals surface area contributed by atoms with Gasteiger partial charge in [-0.3, -0.25) is 0 Å². The predicted molar refractivity (Wildman–Crippen MR) is 68.6 cm³/mol. The molecule has 1 aliphatic heterocycles. The second-order valence-corrected chi connectivity index (χ2v) is 6.98. The van der Waals surface area contributed by atoms with Crippen LogP contribution in [0.4, 0.5) is 0 Å². The van der Waals surface area contributed by atoms with E-state index in [1.807, 2.05) is 0 Å². The summed E-state index contributed by atoms with van der Waals surface area (Å²) in [5, 5.41) is 14.5. The van der Waals surface area contributed by atoms with E-state index in [1.165, 1.54) is 19.3 Å². The van der Waals surface area contributed by atoms with Gasteiger partial charge in [0.1, 0.15) is 0 Å². The Hall–Kier alpha value is 0.270. The van der Waals surface area contributed by atoms with E-state index < -0.39 is 0 Å². The lowest BCUT2D eigenvalue weighted by atomic mass is 9.71. The Morgan fingerprint density at radius 2 is 2.12 bits per heavy atom. The molecule has 7 atom stereocenters. The molecule has 16 heavy (non-hydrogen) atoms. The highest BCUT2D eigenvalue weighted by atomic mass is 32.2. The first-order valence-electron chi connectivity index (χ1n) is 6.69. The van der Waals surface area contributed by atoms with E-state index in [9.17, 15) is 5.11 Å². The van der Waals surface area contributed by atoms with Crippen LogP contribution < -0.4 is 5.32 Å².